The topological polar surface area (TPSA) is 49.6 Å². The number of hydrogen-bond donors (Lipinski definition) is 1. The molecule has 6 heteroatoms. The van der Waals surface area contributed by atoms with Crippen LogP contribution in [0.1, 0.15) is 29.2 Å². The van der Waals surface area contributed by atoms with Gasteiger partial charge in [0.1, 0.15) is 11.5 Å². The van der Waals surface area contributed by atoms with Gasteiger partial charge in [-0.05, 0) is 35.2 Å². The van der Waals surface area contributed by atoms with Gasteiger partial charge in [0.2, 0.25) is 0 Å². The summed E-state index contributed by atoms with van der Waals surface area (Å²) < 4.78 is 28.0. The van der Waals surface area contributed by atoms with E-state index in [0.29, 0.717) is 13.1 Å². The Balaban J connectivity index is 1.69. The van der Waals surface area contributed by atoms with Crippen LogP contribution < -0.4 is 5.73 Å². The van der Waals surface area contributed by atoms with Crippen molar-refractivity contribution in [1.29, 1.82) is 0 Å². The first kappa shape index (κ1) is 17.9. The molecule has 0 unspecified atom stereocenters. The molecule has 4 rings (SSSR count). The molecule has 1 fully saturated rings. The highest BCUT2D eigenvalue weighted by atomic mass is 19.1. The highest BCUT2D eigenvalue weighted by Crippen LogP contribution is 2.37. The Morgan fingerprint density at radius 3 is 2.59 bits per heavy atom. The number of halogens is 2. The fraction of sp³-hybridized carbons (Fsp3) is 0.381. The van der Waals surface area contributed by atoms with Crippen LogP contribution in [-0.4, -0.2) is 47.7 Å². The van der Waals surface area contributed by atoms with Crippen LogP contribution in [-0.2, 0) is 6.42 Å². The number of carbonyl (C=O) groups is 1. The zero-order chi connectivity index (χ0) is 19.0. The van der Waals surface area contributed by atoms with E-state index in [0.717, 1.165) is 17.5 Å². The van der Waals surface area contributed by atoms with E-state index in [1.54, 1.807) is 21.9 Å². The normalized spacial score (nSPS) is 24.8. The molecule has 2 heterocycles. The number of carbonyl (C=O) groups excluding carboxylic acids is 1. The van der Waals surface area contributed by atoms with Gasteiger partial charge in [0.25, 0.3) is 0 Å². The Morgan fingerprint density at radius 1 is 1.15 bits per heavy atom. The predicted molar refractivity (Wildman–Crippen MR) is 99.6 cm³/mol. The summed E-state index contributed by atoms with van der Waals surface area (Å²) in [7, 11) is 0. The van der Waals surface area contributed by atoms with Crippen molar-refractivity contribution < 1.29 is 13.6 Å². The molecule has 0 bridgehead atoms. The molecular formula is C21H23F2N3O. The molecule has 0 spiro atoms. The molecular weight excluding hydrogens is 348 g/mol. The molecule has 1 saturated heterocycles. The van der Waals surface area contributed by atoms with E-state index < -0.39 is 5.67 Å². The molecule has 4 nitrogen and oxygen atoms in total. The van der Waals surface area contributed by atoms with E-state index in [1.165, 1.54) is 17.7 Å². The Hall–Kier alpha value is -2.47. The number of urea groups is 1. The number of likely N-dealkylation sites (tertiary alicyclic amines) is 1. The third-order valence-corrected chi connectivity index (χ3v) is 5.66. The van der Waals surface area contributed by atoms with Gasteiger partial charge in [0, 0.05) is 26.1 Å². The molecule has 2 aliphatic rings. The van der Waals surface area contributed by atoms with Crippen LogP contribution >= 0.6 is 0 Å². The Bertz CT molecular complexity index is 842. The Labute approximate surface area is 157 Å². The number of hydrogen-bond acceptors (Lipinski definition) is 2. The standard InChI is InChI=1S/C21H23F2N3O/c22-17-7-5-16(6-8-17)19-18-4-2-1-3-15(18)9-11-26(19)20(27)25-12-10-21(23,13-24)14-25/h1-8,19H,9-14,24H2/t19-,21+/m0/s1. The van der Waals surface area contributed by atoms with Gasteiger partial charge >= 0.3 is 6.03 Å². The van der Waals surface area contributed by atoms with E-state index in [-0.39, 0.29) is 37.4 Å². The van der Waals surface area contributed by atoms with Crippen molar-refractivity contribution in [1.82, 2.24) is 9.80 Å². The van der Waals surface area contributed by atoms with Gasteiger partial charge in [0.05, 0.1) is 12.6 Å². The summed E-state index contributed by atoms with van der Waals surface area (Å²) in [6.07, 6.45) is 1.01. The monoisotopic (exact) mass is 371 g/mol. The van der Waals surface area contributed by atoms with Crippen LogP contribution in [0.15, 0.2) is 48.5 Å². The fourth-order valence-electron chi connectivity index (χ4n) is 4.12. The molecule has 0 saturated carbocycles. The highest BCUT2D eigenvalue weighted by molar-refractivity contribution is 5.76. The summed E-state index contributed by atoms with van der Waals surface area (Å²) in [5.41, 5.74) is 7.10. The van der Waals surface area contributed by atoms with E-state index in [4.69, 9.17) is 5.73 Å². The lowest BCUT2D eigenvalue weighted by atomic mass is 9.88. The van der Waals surface area contributed by atoms with Crippen LogP contribution in [0.25, 0.3) is 0 Å². The van der Waals surface area contributed by atoms with Crippen molar-refractivity contribution in [3.63, 3.8) is 0 Å². The van der Waals surface area contributed by atoms with Gasteiger partial charge in [-0.25, -0.2) is 13.6 Å². The van der Waals surface area contributed by atoms with E-state index in [2.05, 4.69) is 6.07 Å². The number of alkyl halides is 1. The summed E-state index contributed by atoms with van der Waals surface area (Å²) >= 11 is 0. The minimum absolute atomic E-state index is 0.0244. The first-order valence-electron chi connectivity index (χ1n) is 9.28. The van der Waals surface area contributed by atoms with Crippen LogP contribution in [0, 0.1) is 5.82 Å². The lowest BCUT2D eigenvalue weighted by molar-refractivity contribution is 0.131. The minimum Gasteiger partial charge on any atom is -0.327 e. The van der Waals surface area contributed by atoms with Crippen molar-refractivity contribution in [3.05, 3.63) is 71.0 Å². The SMILES string of the molecule is NC[C@]1(F)CCN(C(=O)N2CCc3ccccc3[C@@H]2c2ccc(F)cc2)C1. The average Bonchev–Trinajstić information content (AvgIpc) is 3.10. The summed E-state index contributed by atoms with van der Waals surface area (Å²) in [5.74, 6) is -0.314. The predicted octanol–water partition coefficient (Wildman–Crippen LogP) is 3.27. The molecule has 2 aromatic rings. The Kier molecular flexibility index (Phi) is 4.60. The van der Waals surface area contributed by atoms with Gasteiger partial charge in [-0.1, -0.05) is 36.4 Å². The zero-order valence-corrected chi connectivity index (χ0v) is 15.1. The second kappa shape index (κ2) is 6.93. The molecule has 2 N–H and O–H groups in total. The number of fused-ring (bicyclic) bond motifs is 1. The maximum atomic E-state index is 14.5. The van der Waals surface area contributed by atoms with Gasteiger partial charge in [0.15, 0.2) is 0 Å². The Morgan fingerprint density at radius 2 is 1.89 bits per heavy atom. The maximum Gasteiger partial charge on any atom is 0.320 e. The van der Waals surface area contributed by atoms with E-state index >= 15 is 0 Å². The molecule has 142 valence electrons. The number of benzene rings is 2. The molecule has 2 amide bonds. The van der Waals surface area contributed by atoms with Gasteiger partial charge < -0.3 is 15.5 Å². The fourth-order valence-corrected chi connectivity index (χ4v) is 4.12. The number of nitrogens with two attached hydrogens (primary N) is 1. The average molecular weight is 371 g/mol. The van der Waals surface area contributed by atoms with Crippen molar-refractivity contribution in [2.45, 2.75) is 24.6 Å². The van der Waals surface area contributed by atoms with E-state index in [9.17, 15) is 13.6 Å². The van der Waals surface area contributed by atoms with Crippen LogP contribution in [0.4, 0.5) is 13.6 Å². The molecule has 2 aliphatic heterocycles. The zero-order valence-electron chi connectivity index (χ0n) is 15.1. The quantitative estimate of drug-likeness (QED) is 0.881. The largest absolute Gasteiger partial charge is 0.327 e. The van der Waals surface area contributed by atoms with Gasteiger partial charge in [-0.3, -0.25) is 0 Å². The first-order chi connectivity index (χ1) is 13.0. The smallest absolute Gasteiger partial charge is 0.320 e. The van der Waals surface area contributed by atoms with Crippen LogP contribution in [0.3, 0.4) is 0 Å². The summed E-state index contributed by atoms with van der Waals surface area (Å²) in [4.78, 5) is 16.6. The van der Waals surface area contributed by atoms with Gasteiger partial charge in [-0.2, -0.15) is 0 Å². The molecule has 0 aliphatic carbocycles. The lowest BCUT2D eigenvalue weighted by Gasteiger charge is -2.39. The first-order valence-corrected chi connectivity index (χ1v) is 9.28. The minimum atomic E-state index is -1.51. The number of rotatable bonds is 2. The maximum absolute atomic E-state index is 14.5. The summed E-state index contributed by atoms with van der Waals surface area (Å²) in [5, 5.41) is 0. The van der Waals surface area contributed by atoms with Crippen molar-refractivity contribution in [2.75, 3.05) is 26.2 Å². The second-order valence-electron chi connectivity index (χ2n) is 7.41. The van der Waals surface area contributed by atoms with Crippen molar-refractivity contribution in [2.24, 2.45) is 5.73 Å². The summed E-state index contributed by atoms with van der Waals surface area (Å²) in [6, 6.07) is 13.7. The number of amides is 2. The third-order valence-electron chi connectivity index (χ3n) is 5.66. The van der Waals surface area contributed by atoms with Crippen molar-refractivity contribution >= 4 is 6.03 Å². The summed E-state index contributed by atoms with van der Waals surface area (Å²) in [6.45, 7) is 0.842. The number of nitrogens with zero attached hydrogens (tertiary/aromatic N) is 2. The third kappa shape index (κ3) is 3.30. The molecule has 0 radical (unpaired) electrons. The second-order valence-corrected chi connectivity index (χ2v) is 7.41. The molecule has 27 heavy (non-hydrogen) atoms. The molecule has 2 aromatic carbocycles. The van der Waals surface area contributed by atoms with E-state index in [1.807, 2.05) is 18.2 Å². The highest BCUT2D eigenvalue weighted by Gasteiger charge is 2.42. The molecule has 0 aromatic heterocycles. The van der Waals surface area contributed by atoms with Gasteiger partial charge in [-0.15, -0.1) is 0 Å². The van der Waals surface area contributed by atoms with Crippen LogP contribution in [0.5, 0.6) is 0 Å². The molecule has 2 atom stereocenters. The van der Waals surface area contributed by atoms with Crippen molar-refractivity contribution in [3.8, 4) is 0 Å². The van der Waals surface area contributed by atoms with Crippen LogP contribution in [0.2, 0.25) is 0 Å². The lowest BCUT2D eigenvalue weighted by Crippen LogP contribution is -2.48.